The number of thioether (sulfide) groups is 1. The molecular formula is C26H26F2N4O3S3. The highest BCUT2D eigenvalue weighted by Gasteiger charge is 2.22. The summed E-state index contributed by atoms with van der Waals surface area (Å²) in [6.07, 6.45) is 3.52. The van der Waals surface area contributed by atoms with E-state index in [4.69, 9.17) is 0 Å². The number of alkyl halides is 2. The van der Waals surface area contributed by atoms with Crippen molar-refractivity contribution in [2.24, 2.45) is 0 Å². The molecule has 4 rings (SSSR count). The van der Waals surface area contributed by atoms with E-state index < -0.39 is 21.8 Å². The fraction of sp³-hybridized carbons (Fsp3) is 0.231. The average molecular weight is 577 g/mol. The Labute approximate surface area is 228 Å². The summed E-state index contributed by atoms with van der Waals surface area (Å²) >= 11 is 2.07. The summed E-state index contributed by atoms with van der Waals surface area (Å²) in [5.41, 5.74) is 2.85. The maximum atomic E-state index is 13.0. The lowest BCUT2D eigenvalue weighted by Gasteiger charge is -2.13. The Bertz CT molecular complexity index is 1460. The van der Waals surface area contributed by atoms with Crippen molar-refractivity contribution in [1.29, 1.82) is 0 Å². The van der Waals surface area contributed by atoms with E-state index in [0.717, 1.165) is 16.1 Å². The number of halogens is 2. The molecule has 0 spiro atoms. The Morgan fingerprint density at radius 2 is 1.87 bits per heavy atom. The van der Waals surface area contributed by atoms with Crippen LogP contribution in [0.3, 0.4) is 0 Å². The van der Waals surface area contributed by atoms with Gasteiger partial charge in [0, 0.05) is 34.9 Å². The van der Waals surface area contributed by atoms with E-state index in [1.54, 1.807) is 24.5 Å². The Balaban J connectivity index is 1.43. The minimum atomic E-state index is -4.12. The van der Waals surface area contributed by atoms with Crippen molar-refractivity contribution in [2.45, 2.75) is 36.6 Å². The zero-order valence-electron chi connectivity index (χ0n) is 20.4. The van der Waals surface area contributed by atoms with Gasteiger partial charge < -0.3 is 9.88 Å². The molecule has 0 bridgehead atoms. The second kappa shape index (κ2) is 12.5. The Morgan fingerprint density at radius 1 is 1.11 bits per heavy atom. The highest BCUT2D eigenvalue weighted by Crippen LogP contribution is 2.28. The standard InChI is InChI=1S/C26H26F2N4O3S3/c1-18(16-37-25(27)28)23-15-32(17-30-23)14-19-8-10-20(11-9-19)22-6-2-3-7-24(22)38(34,35)31-26(33)29-13-21-5-4-12-36-21/h2-12,15,17-18,25H,13-14,16H2,1H3,(H2,29,31,33). The zero-order chi connectivity index (χ0) is 27.1. The van der Waals surface area contributed by atoms with Gasteiger partial charge in [0.05, 0.1) is 23.5 Å². The molecule has 1 atom stereocenters. The van der Waals surface area contributed by atoms with Crippen molar-refractivity contribution < 1.29 is 22.0 Å². The first-order valence-electron chi connectivity index (χ1n) is 11.6. The molecule has 2 heterocycles. The molecular weight excluding hydrogens is 551 g/mol. The van der Waals surface area contributed by atoms with E-state index in [9.17, 15) is 22.0 Å². The van der Waals surface area contributed by atoms with Gasteiger partial charge in [-0.25, -0.2) is 22.9 Å². The fourth-order valence-electron chi connectivity index (χ4n) is 3.75. The molecule has 1 unspecified atom stereocenters. The molecule has 0 saturated heterocycles. The number of aromatic nitrogens is 2. The molecule has 2 N–H and O–H groups in total. The molecule has 200 valence electrons. The first kappa shape index (κ1) is 27.8. The first-order valence-corrected chi connectivity index (χ1v) is 15.1. The van der Waals surface area contributed by atoms with Crippen LogP contribution in [0.5, 0.6) is 0 Å². The number of hydrogen-bond donors (Lipinski definition) is 2. The first-order chi connectivity index (χ1) is 18.2. The number of sulfonamides is 1. The largest absolute Gasteiger partial charge is 0.333 e. The lowest BCUT2D eigenvalue weighted by atomic mass is 10.0. The summed E-state index contributed by atoms with van der Waals surface area (Å²) in [6.45, 7) is 2.62. The number of nitrogens with zero attached hydrogens (tertiary/aromatic N) is 2. The van der Waals surface area contributed by atoms with Gasteiger partial charge in [-0.3, -0.25) is 0 Å². The van der Waals surface area contributed by atoms with E-state index in [1.165, 1.54) is 17.4 Å². The van der Waals surface area contributed by atoms with E-state index in [1.807, 2.05) is 59.5 Å². The van der Waals surface area contributed by atoms with E-state index in [0.29, 0.717) is 29.4 Å². The normalized spacial score (nSPS) is 12.4. The van der Waals surface area contributed by atoms with Crippen LogP contribution in [-0.2, 0) is 23.1 Å². The Morgan fingerprint density at radius 3 is 2.58 bits per heavy atom. The van der Waals surface area contributed by atoms with Crippen LogP contribution in [0.1, 0.15) is 29.0 Å². The molecule has 12 heteroatoms. The highest BCUT2D eigenvalue weighted by molar-refractivity contribution is 7.99. The van der Waals surface area contributed by atoms with Gasteiger partial charge in [0.25, 0.3) is 15.8 Å². The number of thiophene rings is 1. The number of benzene rings is 2. The number of rotatable bonds is 11. The van der Waals surface area contributed by atoms with Crippen molar-refractivity contribution in [3.63, 3.8) is 0 Å². The molecule has 2 aromatic heterocycles. The van der Waals surface area contributed by atoms with E-state index in [-0.39, 0.29) is 23.1 Å². The van der Waals surface area contributed by atoms with Gasteiger partial charge in [0.15, 0.2) is 0 Å². The molecule has 0 aliphatic carbocycles. The van der Waals surface area contributed by atoms with Crippen LogP contribution >= 0.6 is 23.1 Å². The van der Waals surface area contributed by atoms with Gasteiger partial charge in [-0.15, -0.1) is 11.3 Å². The van der Waals surface area contributed by atoms with Crippen molar-refractivity contribution in [2.75, 3.05) is 5.75 Å². The Kier molecular flexibility index (Phi) is 9.18. The smallest absolute Gasteiger partial charge is 0.328 e. The van der Waals surface area contributed by atoms with Crippen molar-refractivity contribution >= 4 is 39.2 Å². The summed E-state index contributed by atoms with van der Waals surface area (Å²) in [6, 6.07) is 16.8. The highest BCUT2D eigenvalue weighted by atomic mass is 32.2. The molecule has 4 aromatic rings. The van der Waals surface area contributed by atoms with Crippen molar-refractivity contribution in [1.82, 2.24) is 19.6 Å². The third-order valence-corrected chi connectivity index (χ3v) is 8.88. The number of amides is 2. The molecule has 38 heavy (non-hydrogen) atoms. The van der Waals surface area contributed by atoms with Crippen LogP contribution < -0.4 is 10.0 Å². The van der Waals surface area contributed by atoms with Crippen LogP contribution in [0, 0.1) is 0 Å². The van der Waals surface area contributed by atoms with Crippen LogP contribution in [0.4, 0.5) is 13.6 Å². The van der Waals surface area contributed by atoms with Gasteiger partial charge in [0.1, 0.15) is 0 Å². The number of nitrogens with one attached hydrogen (secondary N) is 2. The van der Waals surface area contributed by atoms with Crippen LogP contribution in [-0.4, -0.2) is 35.5 Å². The molecule has 0 aliphatic heterocycles. The maximum absolute atomic E-state index is 13.0. The topological polar surface area (TPSA) is 93.1 Å². The molecule has 0 aliphatic rings. The quantitative estimate of drug-likeness (QED) is 0.232. The number of carbonyl (C=O) groups excluding carboxylic acids is 1. The third kappa shape index (κ3) is 7.42. The second-order valence-electron chi connectivity index (χ2n) is 8.53. The van der Waals surface area contributed by atoms with Gasteiger partial charge >= 0.3 is 6.03 Å². The molecule has 2 amide bonds. The van der Waals surface area contributed by atoms with E-state index >= 15 is 0 Å². The third-order valence-electron chi connectivity index (χ3n) is 5.67. The molecule has 2 aromatic carbocycles. The molecule has 0 fully saturated rings. The van der Waals surface area contributed by atoms with Crippen molar-refractivity contribution in [3.05, 3.63) is 94.7 Å². The lowest BCUT2D eigenvalue weighted by molar-refractivity contribution is 0.245. The second-order valence-corrected chi connectivity index (χ2v) is 12.2. The lowest BCUT2D eigenvalue weighted by Crippen LogP contribution is -2.39. The minimum Gasteiger partial charge on any atom is -0.333 e. The fourth-order valence-corrected chi connectivity index (χ4v) is 6.16. The predicted octanol–water partition coefficient (Wildman–Crippen LogP) is 5.91. The summed E-state index contributed by atoms with van der Waals surface area (Å²) in [7, 11) is -4.12. The van der Waals surface area contributed by atoms with Gasteiger partial charge in [-0.2, -0.15) is 8.78 Å². The van der Waals surface area contributed by atoms with Gasteiger partial charge in [0.2, 0.25) is 0 Å². The predicted molar refractivity (Wildman–Crippen MR) is 147 cm³/mol. The average Bonchev–Trinajstić information content (AvgIpc) is 3.59. The summed E-state index contributed by atoms with van der Waals surface area (Å²) < 4.78 is 55.0. The summed E-state index contributed by atoms with van der Waals surface area (Å²) in [5, 5.41) is 4.44. The number of imidazole rings is 1. The van der Waals surface area contributed by atoms with Crippen LogP contribution in [0.25, 0.3) is 11.1 Å². The number of hydrogen-bond acceptors (Lipinski definition) is 6. The van der Waals surface area contributed by atoms with Crippen LogP contribution in [0.2, 0.25) is 0 Å². The zero-order valence-corrected chi connectivity index (χ0v) is 22.8. The monoisotopic (exact) mass is 576 g/mol. The minimum absolute atomic E-state index is 0.00562. The SMILES string of the molecule is CC(CSC(F)F)c1cn(Cc2ccc(-c3ccccc3S(=O)(=O)NC(=O)NCc3cccs3)cc2)cn1. The maximum Gasteiger partial charge on any atom is 0.328 e. The molecule has 0 radical (unpaired) electrons. The Hall–Kier alpha value is -3.22. The van der Waals surface area contributed by atoms with E-state index in [2.05, 4.69) is 15.0 Å². The van der Waals surface area contributed by atoms with Gasteiger partial charge in [-0.05, 0) is 28.6 Å². The van der Waals surface area contributed by atoms with Gasteiger partial charge in [-0.1, -0.05) is 67.2 Å². The molecule has 0 saturated carbocycles. The summed E-state index contributed by atoms with van der Waals surface area (Å²) in [4.78, 5) is 17.5. The summed E-state index contributed by atoms with van der Waals surface area (Å²) in [5.74, 6) is -2.21. The number of urea groups is 1. The van der Waals surface area contributed by atoms with Crippen molar-refractivity contribution in [3.8, 4) is 11.1 Å². The number of carbonyl (C=O) groups is 1. The molecule has 7 nitrogen and oxygen atoms in total. The van der Waals surface area contributed by atoms with Crippen LogP contribution in [0.15, 0.2) is 83.5 Å².